The van der Waals surface area contributed by atoms with E-state index in [1.54, 1.807) is 28.8 Å². The number of hydrogen-bond acceptors (Lipinski definition) is 4. The van der Waals surface area contributed by atoms with E-state index in [0.717, 1.165) is 37.0 Å². The highest BCUT2D eigenvalue weighted by molar-refractivity contribution is 9.10. The van der Waals surface area contributed by atoms with Gasteiger partial charge in [-0.3, -0.25) is 4.79 Å². The van der Waals surface area contributed by atoms with Gasteiger partial charge < -0.3 is 0 Å². The predicted molar refractivity (Wildman–Crippen MR) is 134 cm³/mol. The summed E-state index contributed by atoms with van der Waals surface area (Å²) >= 11 is 11.3. The van der Waals surface area contributed by atoms with Crippen molar-refractivity contribution in [3.8, 4) is 21.8 Å². The molecule has 0 unspecified atom stereocenters. The second-order valence-corrected chi connectivity index (χ2v) is 9.28. The summed E-state index contributed by atoms with van der Waals surface area (Å²) in [5.74, 6) is -0.0798. The number of halogens is 2. The van der Waals surface area contributed by atoms with Crippen LogP contribution in [0, 0.1) is 0 Å². The quantitative estimate of drug-likeness (QED) is 0.179. The number of ketones is 1. The maximum Gasteiger partial charge on any atom is 0.213 e. The smallest absolute Gasteiger partial charge is 0.213 e. The summed E-state index contributed by atoms with van der Waals surface area (Å²) in [7, 11) is 0. The number of carbonyl (C=O) groups excluding carboxylic acids is 1. The highest BCUT2D eigenvalue weighted by atomic mass is 79.9. The van der Waals surface area contributed by atoms with Crippen LogP contribution in [0.3, 0.4) is 0 Å². The van der Waals surface area contributed by atoms with Crippen molar-refractivity contribution in [2.24, 2.45) is 0 Å². The lowest BCUT2D eigenvalue weighted by Crippen LogP contribution is -1.95. The molecule has 0 bridgehead atoms. The first-order valence-electron chi connectivity index (χ1n) is 9.78. The predicted octanol–water partition coefficient (Wildman–Crippen LogP) is 7.44. The van der Waals surface area contributed by atoms with E-state index in [-0.39, 0.29) is 5.78 Å². The molecule has 0 amide bonds. The Morgan fingerprint density at radius 2 is 1.69 bits per heavy atom. The number of hydrogen-bond donors (Lipinski definition) is 0. The van der Waals surface area contributed by atoms with E-state index >= 15 is 0 Å². The first-order chi connectivity index (χ1) is 15.6. The van der Waals surface area contributed by atoms with E-state index in [1.165, 1.54) is 11.3 Å². The van der Waals surface area contributed by atoms with Crippen LogP contribution in [0.25, 0.3) is 32.9 Å². The highest BCUT2D eigenvalue weighted by Gasteiger charge is 2.18. The summed E-state index contributed by atoms with van der Waals surface area (Å²) in [6.45, 7) is 0. The zero-order valence-corrected chi connectivity index (χ0v) is 19.7. The van der Waals surface area contributed by atoms with Gasteiger partial charge in [-0.2, -0.15) is 5.10 Å². The van der Waals surface area contributed by atoms with Crippen LogP contribution in [-0.4, -0.2) is 20.4 Å². The summed E-state index contributed by atoms with van der Waals surface area (Å²) in [6, 6.07) is 24.7. The Morgan fingerprint density at radius 3 is 2.44 bits per heavy atom. The Bertz CT molecular complexity index is 1460. The Labute approximate surface area is 202 Å². The maximum absolute atomic E-state index is 12.7. The van der Waals surface area contributed by atoms with E-state index in [2.05, 4.69) is 15.9 Å². The van der Waals surface area contributed by atoms with Gasteiger partial charge in [0.2, 0.25) is 4.96 Å². The minimum Gasteiger partial charge on any atom is -0.289 e. The monoisotopic (exact) mass is 519 g/mol. The molecule has 0 saturated carbocycles. The third-order valence-electron chi connectivity index (χ3n) is 4.91. The summed E-state index contributed by atoms with van der Waals surface area (Å²) < 4.78 is 2.76. The number of benzene rings is 3. The summed E-state index contributed by atoms with van der Waals surface area (Å²) in [5.41, 5.74) is 3.92. The van der Waals surface area contributed by atoms with Crippen molar-refractivity contribution in [3.05, 3.63) is 106 Å². The molecule has 0 aliphatic rings. The minimum absolute atomic E-state index is 0.0798. The van der Waals surface area contributed by atoms with E-state index in [4.69, 9.17) is 21.7 Å². The van der Waals surface area contributed by atoms with Crippen LogP contribution in [0.1, 0.15) is 16.1 Å². The fourth-order valence-electron chi connectivity index (χ4n) is 3.33. The molecule has 5 rings (SSSR count). The average Bonchev–Trinajstić information content (AvgIpc) is 3.37. The van der Waals surface area contributed by atoms with Crippen molar-refractivity contribution in [3.63, 3.8) is 0 Å². The van der Waals surface area contributed by atoms with Gasteiger partial charge in [-0.1, -0.05) is 99.5 Å². The molecule has 0 spiro atoms. The standard InChI is InChI=1S/C25H15BrClN3OS/c26-18-12-10-17(11-13-18)23-21(14-15-22(31)16-6-2-1-3-7-16)30-25(28-23)32-24(29-30)19-8-4-5-9-20(19)27/h1-15H/b15-14+. The number of aromatic nitrogens is 3. The van der Waals surface area contributed by atoms with Gasteiger partial charge in [-0.25, -0.2) is 9.50 Å². The molecule has 0 fully saturated rings. The lowest BCUT2D eigenvalue weighted by Gasteiger charge is -2.01. The molecule has 2 heterocycles. The lowest BCUT2D eigenvalue weighted by atomic mass is 10.1. The second kappa shape index (κ2) is 8.82. The zero-order chi connectivity index (χ0) is 22.1. The van der Waals surface area contributed by atoms with Crippen molar-refractivity contribution in [2.45, 2.75) is 0 Å². The molecule has 4 nitrogen and oxygen atoms in total. The van der Waals surface area contributed by atoms with Crippen LogP contribution in [0.2, 0.25) is 5.02 Å². The van der Waals surface area contributed by atoms with E-state index < -0.39 is 0 Å². The van der Waals surface area contributed by atoms with Gasteiger partial charge in [-0.05, 0) is 30.4 Å². The second-order valence-electron chi connectivity index (χ2n) is 7.00. The first kappa shape index (κ1) is 20.8. The van der Waals surface area contributed by atoms with Crippen LogP contribution >= 0.6 is 38.9 Å². The van der Waals surface area contributed by atoms with Gasteiger partial charge in [0.25, 0.3) is 0 Å². The summed E-state index contributed by atoms with van der Waals surface area (Å²) in [4.78, 5) is 18.2. The van der Waals surface area contributed by atoms with Crippen molar-refractivity contribution in [1.82, 2.24) is 14.6 Å². The Kier molecular flexibility index (Phi) is 5.74. The molecule has 0 N–H and O–H groups in total. The topological polar surface area (TPSA) is 47.3 Å². The largest absolute Gasteiger partial charge is 0.289 e. The van der Waals surface area contributed by atoms with Crippen molar-refractivity contribution in [2.75, 3.05) is 0 Å². The van der Waals surface area contributed by atoms with Gasteiger partial charge in [0.05, 0.1) is 16.4 Å². The number of carbonyl (C=O) groups is 1. The number of imidazole rings is 1. The van der Waals surface area contributed by atoms with Crippen LogP contribution in [0.15, 0.2) is 89.4 Å². The Morgan fingerprint density at radius 1 is 0.969 bits per heavy atom. The molecular weight excluding hydrogens is 506 g/mol. The molecule has 156 valence electrons. The van der Waals surface area contributed by atoms with E-state index in [0.29, 0.717) is 10.6 Å². The first-order valence-corrected chi connectivity index (χ1v) is 11.8. The molecule has 0 atom stereocenters. The van der Waals surface area contributed by atoms with Crippen LogP contribution in [0.4, 0.5) is 0 Å². The summed E-state index contributed by atoms with van der Waals surface area (Å²) in [5, 5.41) is 6.18. The van der Waals surface area contributed by atoms with Gasteiger partial charge in [0, 0.05) is 21.2 Å². The molecule has 32 heavy (non-hydrogen) atoms. The normalized spacial score (nSPS) is 11.4. The van der Waals surface area contributed by atoms with Gasteiger partial charge in [0.15, 0.2) is 5.78 Å². The summed E-state index contributed by atoms with van der Waals surface area (Å²) in [6.07, 6.45) is 3.35. The molecule has 0 saturated heterocycles. The van der Waals surface area contributed by atoms with Crippen molar-refractivity contribution >= 4 is 55.7 Å². The van der Waals surface area contributed by atoms with E-state index in [9.17, 15) is 4.79 Å². The lowest BCUT2D eigenvalue weighted by molar-refractivity contribution is 0.104. The molecule has 0 aliphatic heterocycles. The minimum atomic E-state index is -0.0798. The maximum atomic E-state index is 12.7. The molecule has 7 heteroatoms. The molecule has 0 aliphatic carbocycles. The molecular formula is C25H15BrClN3OS. The number of fused-ring (bicyclic) bond motifs is 1. The molecule has 2 aromatic heterocycles. The third kappa shape index (κ3) is 4.05. The number of rotatable bonds is 5. The number of nitrogens with zero attached hydrogens (tertiary/aromatic N) is 3. The SMILES string of the molecule is O=C(/C=C/c1c(-c2ccc(Br)cc2)nc2sc(-c3ccccc3Cl)nn12)c1ccccc1. The van der Waals surface area contributed by atoms with E-state index in [1.807, 2.05) is 66.7 Å². The van der Waals surface area contributed by atoms with Crippen molar-refractivity contribution in [1.29, 1.82) is 0 Å². The van der Waals surface area contributed by atoms with Crippen LogP contribution in [0.5, 0.6) is 0 Å². The molecule has 3 aromatic carbocycles. The number of allylic oxidation sites excluding steroid dienone is 1. The van der Waals surface area contributed by atoms with Crippen LogP contribution in [-0.2, 0) is 0 Å². The van der Waals surface area contributed by atoms with Crippen molar-refractivity contribution < 1.29 is 4.79 Å². The molecule has 0 radical (unpaired) electrons. The Hall–Kier alpha value is -3.06. The van der Waals surface area contributed by atoms with Gasteiger partial charge in [0.1, 0.15) is 5.01 Å². The zero-order valence-electron chi connectivity index (χ0n) is 16.6. The third-order valence-corrected chi connectivity index (χ3v) is 6.71. The molecule has 5 aromatic rings. The van der Waals surface area contributed by atoms with Gasteiger partial charge in [-0.15, -0.1) is 0 Å². The average molecular weight is 521 g/mol. The fraction of sp³-hybridized carbons (Fsp3) is 0. The Balaban J connectivity index is 1.63. The highest BCUT2D eigenvalue weighted by Crippen LogP contribution is 2.34. The van der Waals surface area contributed by atoms with Gasteiger partial charge >= 0.3 is 0 Å². The van der Waals surface area contributed by atoms with Crippen LogP contribution < -0.4 is 0 Å². The fourth-order valence-corrected chi connectivity index (χ4v) is 4.82.